The van der Waals surface area contributed by atoms with E-state index in [1.54, 1.807) is 6.92 Å². The van der Waals surface area contributed by atoms with E-state index in [-0.39, 0.29) is 5.97 Å². The van der Waals surface area contributed by atoms with Crippen molar-refractivity contribution in [1.29, 1.82) is 0 Å². The summed E-state index contributed by atoms with van der Waals surface area (Å²) in [5.74, 6) is -0.179. The van der Waals surface area contributed by atoms with E-state index in [9.17, 15) is 18.0 Å². The topological polar surface area (TPSA) is 38.3 Å². The molecule has 1 fully saturated rings. The van der Waals surface area contributed by atoms with Gasteiger partial charge in [-0.25, -0.2) is 0 Å². The fraction of sp³-hybridized carbons (Fsp3) is 0.562. The number of alkyl halides is 3. The standard InChI is InChI=1S/C16H20F3NO2/c1-2-22-14(21)15(8-3-9-15)11-20-10-12-4-6-13(7-5-12)16(17,18)19/h4-7,20H,2-3,8-11H2,1H3. The molecule has 1 aromatic carbocycles. The summed E-state index contributed by atoms with van der Waals surface area (Å²) in [6.45, 7) is 3.06. The smallest absolute Gasteiger partial charge is 0.416 e. The van der Waals surface area contributed by atoms with Crippen molar-refractivity contribution in [3.63, 3.8) is 0 Å². The zero-order valence-corrected chi connectivity index (χ0v) is 12.5. The largest absolute Gasteiger partial charge is 0.466 e. The minimum atomic E-state index is -4.31. The van der Waals surface area contributed by atoms with Crippen LogP contribution in [0.5, 0.6) is 0 Å². The highest BCUT2D eigenvalue weighted by Crippen LogP contribution is 2.41. The van der Waals surface area contributed by atoms with Crippen molar-refractivity contribution in [3.05, 3.63) is 35.4 Å². The van der Waals surface area contributed by atoms with Crippen LogP contribution in [0.15, 0.2) is 24.3 Å². The van der Waals surface area contributed by atoms with Crippen molar-refractivity contribution in [3.8, 4) is 0 Å². The van der Waals surface area contributed by atoms with Crippen LogP contribution in [0.1, 0.15) is 37.3 Å². The molecular weight excluding hydrogens is 295 g/mol. The Balaban J connectivity index is 1.86. The Labute approximate surface area is 127 Å². The number of benzene rings is 1. The van der Waals surface area contributed by atoms with Crippen LogP contribution in [0.4, 0.5) is 13.2 Å². The second-order valence-corrected chi connectivity index (χ2v) is 5.65. The lowest BCUT2D eigenvalue weighted by Crippen LogP contribution is -2.47. The molecule has 1 aliphatic carbocycles. The molecule has 0 radical (unpaired) electrons. The minimum absolute atomic E-state index is 0.179. The molecule has 6 heteroatoms. The average Bonchev–Trinajstić information content (AvgIpc) is 2.41. The molecule has 0 aromatic heterocycles. The maximum Gasteiger partial charge on any atom is 0.416 e. The highest BCUT2D eigenvalue weighted by molar-refractivity contribution is 5.78. The second-order valence-electron chi connectivity index (χ2n) is 5.65. The first-order valence-corrected chi connectivity index (χ1v) is 7.41. The van der Waals surface area contributed by atoms with E-state index < -0.39 is 17.2 Å². The molecule has 0 heterocycles. The van der Waals surface area contributed by atoms with Crippen molar-refractivity contribution in [2.24, 2.45) is 5.41 Å². The van der Waals surface area contributed by atoms with Gasteiger partial charge in [0.05, 0.1) is 17.6 Å². The van der Waals surface area contributed by atoms with Crippen LogP contribution >= 0.6 is 0 Å². The van der Waals surface area contributed by atoms with Gasteiger partial charge in [-0.15, -0.1) is 0 Å². The van der Waals surface area contributed by atoms with Crippen molar-refractivity contribution < 1.29 is 22.7 Å². The van der Waals surface area contributed by atoms with Crippen LogP contribution < -0.4 is 5.32 Å². The monoisotopic (exact) mass is 315 g/mol. The van der Waals surface area contributed by atoms with Crippen LogP contribution in [-0.2, 0) is 22.3 Å². The molecule has 1 saturated carbocycles. The van der Waals surface area contributed by atoms with Crippen LogP contribution in [0.25, 0.3) is 0 Å². The lowest BCUT2D eigenvalue weighted by Gasteiger charge is -2.39. The summed E-state index contributed by atoms with van der Waals surface area (Å²) in [7, 11) is 0. The van der Waals surface area contributed by atoms with Crippen LogP contribution in [0, 0.1) is 5.41 Å². The molecule has 2 rings (SSSR count). The Morgan fingerprint density at radius 3 is 2.36 bits per heavy atom. The van der Waals surface area contributed by atoms with Gasteiger partial charge in [0.15, 0.2) is 0 Å². The predicted octanol–water partition coefficient (Wildman–Crippen LogP) is 3.53. The molecule has 0 unspecified atom stereocenters. The fourth-order valence-corrected chi connectivity index (χ4v) is 2.60. The number of nitrogens with one attached hydrogen (secondary N) is 1. The van der Waals surface area contributed by atoms with Gasteiger partial charge in [-0.3, -0.25) is 4.79 Å². The van der Waals surface area contributed by atoms with E-state index in [4.69, 9.17) is 4.74 Å². The van der Waals surface area contributed by atoms with Crippen LogP contribution in [-0.4, -0.2) is 19.1 Å². The molecule has 22 heavy (non-hydrogen) atoms. The molecular formula is C16H20F3NO2. The summed E-state index contributed by atoms with van der Waals surface area (Å²) in [5.41, 5.74) is -0.355. The molecule has 3 nitrogen and oxygen atoms in total. The first kappa shape index (κ1) is 16.8. The molecule has 0 bridgehead atoms. The molecule has 0 aliphatic heterocycles. The van der Waals surface area contributed by atoms with E-state index in [0.29, 0.717) is 19.7 Å². The Morgan fingerprint density at radius 2 is 1.91 bits per heavy atom. The third kappa shape index (κ3) is 3.80. The summed E-state index contributed by atoms with van der Waals surface area (Å²) in [4.78, 5) is 12.0. The van der Waals surface area contributed by atoms with E-state index >= 15 is 0 Å². The first-order valence-electron chi connectivity index (χ1n) is 7.41. The Bertz CT molecular complexity index is 507. The van der Waals surface area contributed by atoms with Crippen molar-refractivity contribution in [2.75, 3.05) is 13.2 Å². The minimum Gasteiger partial charge on any atom is -0.466 e. The number of ether oxygens (including phenoxy) is 1. The molecule has 0 spiro atoms. The van der Waals surface area contributed by atoms with Gasteiger partial charge in [-0.1, -0.05) is 18.6 Å². The third-order valence-electron chi connectivity index (χ3n) is 4.09. The van der Waals surface area contributed by atoms with Gasteiger partial charge in [0.1, 0.15) is 0 Å². The fourth-order valence-electron chi connectivity index (χ4n) is 2.60. The first-order chi connectivity index (χ1) is 10.4. The van der Waals surface area contributed by atoms with Gasteiger partial charge in [-0.2, -0.15) is 13.2 Å². The molecule has 1 N–H and O–H groups in total. The van der Waals surface area contributed by atoms with Gasteiger partial charge in [-0.05, 0) is 37.5 Å². The number of hydrogen-bond donors (Lipinski definition) is 1. The SMILES string of the molecule is CCOC(=O)C1(CNCc2ccc(C(F)(F)F)cc2)CCC1. The summed E-state index contributed by atoms with van der Waals surface area (Å²) in [5, 5.41) is 3.16. The van der Waals surface area contributed by atoms with E-state index in [1.807, 2.05) is 0 Å². The molecule has 0 atom stereocenters. The maximum atomic E-state index is 12.5. The number of esters is 1. The number of rotatable bonds is 6. The van der Waals surface area contributed by atoms with Gasteiger partial charge in [0.2, 0.25) is 0 Å². The van der Waals surface area contributed by atoms with Crippen LogP contribution in [0.2, 0.25) is 0 Å². The van der Waals surface area contributed by atoms with Gasteiger partial charge >= 0.3 is 12.1 Å². The number of carbonyl (C=O) groups is 1. The summed E-state index contributed by atoms with van der Waals surface area (Å²) in [6.07, 6.45) is -1.72. The van der Waals surface area contributed by atoms with Crippen molar-refractivity contribution in [1.82, 2.24) is 5.32 Å². The summed E-state index contributed by atoms with van der Waals surface area (Å²) >= 11 is 0. The van der Waals surface area contributed by atoms with Crippen molar-refractivity contribution in [2.45, 2.75) is 38.9 Å². The Kier molecular flexibility index (Phi) is 5.11. The zero-order chi connectivity index (χ0) is 16.2. The van der Waals surface area contributed by atoms with E-state index in [2.05, 4.69) is 5.32 Å². The quantitative estimate of drug-likeness (QED) is 0.816. The van der Waals surface area contributed by atoms with Gasteiger partial charge in [0.25, 0.3) is 0 Å². The Hall–Kier alpha value is -1.56. The highest BCUT2D eigenvalue weighted by atomic mass is 19.4. The predicted molar refractivity (Wildman–Crippen MR) is 76.1 cm³/mol. The van der Waals surface area contributed by atoms with E-state index in [0.717, 1.165) is 37.0 Å². The second kappa shape index (κ2) is 6.69. The summed E-state index contributed by atoms with van der Waals surface area (Å²) < 4.78 is 42.5. The molecule has 0 amide bonds. The molecule has 1 aliphatic rings. The number of hydrogen-bond acceptors (Lipinski definition) is 3. The number of halogens is 3. The molecule has 1 aromatic rings. The zero-order valence-electron chi connectivity index (χ0n) is 12.5. The van der Waals surface area contributed by atoms with E-state index in [1.165, 1.54) is 12.1 Å². The normalized spacial score (nSPS) is 16.9. The third-order valence-corrected chi connectivity index (χ3v) is 4.09. The average molecular weight is 315 g/mol. The maximum absolute atomic E-state index is 12.5. The summed E-state index contributed by atoms with van der Waals surface area (Å²) in [6, 6.07) is 5.05. The number of carbonyl (C=O) groups excluding carboxylic acids is 1. The lowest BCUT2D eigenvalue weighted by molar-refractivity contribution is -0.160. The lowest BCUT2D eigenvalue weighted by atomic mass is 9.68. The van der Waals surface area contributed by atoms with Crippen molar-refractivity contribution >= 4 is 5.97 Å². The molecule has 122 valence electrons. The van der Waals surface area contributed by atoms with Crippen LogP contribution in [0.3, 0.4) is 0 Å². The molecule has 0 saturated heterocycles. The van der Waals surface area contributed by atoms with Gasteiger partial charge < -0.3 is 10.1 Å². The Morgan fingerprint density at radius 1 is 1.27 bits per heavy atom. The van der Waals surface area contributed by atoms with Gasteiger partial charge in [0, 0.05) is 13.1 Å². The highest BCUT2D eigenvalue weighted by Gasteiger charge is 2.45.